The van der Waals surface area contributed by atoms with E-state index in [1.807, 2.05) is 6.92 Å². The minimum absolute atomic E-state index is 0.135. The normalized spacial score (nSPS) is 14.7. The standard InChI is InChI=1S/C16H16F3N3OS/c1-2-13-14(24-21-20-13)15(23)22(12-7-8-12)9-10-3-5-11(6-4-10)16(17,18)19/h3-6,12H,2,7-9H2,1H3. The number of aryl methyl sites for hydroxylation is 1. The van der Waals surface area contributed by atoms with E-state index in [0.717, 1.165) is 36.5 Å². The van der Waals surface area contributed by atoms with Crippen LogP contribution in [0.15, 0.2) is 24.3 Å². The SMILES string of the molecule is CCc1nnsc1C(=O)N(Cc1ccc(C(F)(F)F)cc1)C1CC1. The Hall–Kier alpha value is -1.96. The number of carbonyl (C=O) groups excluding carboxylic acids is 1. The summed E-state index contributed by atoms with van der Waals surface area (Å²) in [6, 6.07) is 5.10. The lowest BCUT2D eigenvalue weighted by Crippen LogP contribution is -2.32. The Morgan fingerprint density at radius 2 is 1.96 bits per heavy atom. The molecule has 3 rings (SSSR count). The van der Waals surface area contributed by atoms with Gasteiger partial charge in [-0.25, -0.2) is 0 Å². The molecular weight excluding hydrogens is 339 g/mol. The first-order chi connectivity index (χ1) is 11.4. The smallest absolute Gasteiger partial charge is 0.331 e. The van der Waals surface area contributed by atoms with Crippen LogP contribution in [0.5, 0.6) is 0 Å². The van der Waals surface area contributed by atoms with Crippen LogP contribution in [-0.2, 0) is 19.1 Å². The third kappa shape index (κ3) is 3.58. The zero-order valence-corrected chi connectivity index (χ0v) is 13.8. The molecule has 0 aliphatic heterocycles. The number of benzene rings is 1. The summed E-state index contributed by atoms with van der Waals surface area (Å²) in [6.07, 6.45) is -1.90. The van der Waals surface area contributed by atoms with Gasteiger partial charge in [-0.3, -0.25) is 4.79 Å². The van der Waals surface area contributed by atoms with Gasteiger partial charge in [-0.15, -0.1) is 5.10 Å². The molecule has 1 amide bonds. The molecule has 0 saturated heterocycles. The molecule has 0 bridgehead atoms. The van der Waals surface area contributed by atoms with Crippen molar-refractivity contribution in [2.75, 3.05) is 0 Å². The van der Waals surface area contributed by atoms with Gasteiger partial charge in [0, 0.05) is 12.6 Å². The van der Waals surface area contributed by atoms with Gasteiger partial charge in [0.05, 0.1) is 11.3 Å². The lowest BCUT2D eigenvalue weighted by atomic mass is 10.1. The average Bonchev–Trinajstić information content (AvgIpc) is 3.27. The van der Waals surface area contributed by atoms with Crippen molar-refractivity contribution in [1.82, 2.24) is 14.5 Å². The summed E-state index contributed by atoms with van der Waals surface area (Å²) in [5.41, 5.74) is 0.664. The topological polar surface area (TPSA) is 46.1 Å². The van der Waals surface area contributed by atoms with E-state index in [0.29, 0.717) is 29.1 Å². The molecule has 0 radical (unpaired) electrons. The Morgan fingerprint density at radius 3 is 2.50 bits per heavy atom. The predicted octanol–water partition coefficient (Wildman–Crippen LogP) is 3.92. The maximum Gasteiger partial charge on any atom is 0.416 e. The number of hydrogen-bond acceptors (Lipinski definition) is 4. The second-order valence-corrected chi connectivity index (χ2v) is 6.52. The van der Waals surface area contributed by atoms with Crippen molar-refractivity contribution in [2.45, 2.75) is 44.9 Å². The van der Waals surface area contributed by atoms with E-state index < -0.39 is 11.7 Å². The van der Waals surface area contributed by atoms with Crippen LogP contribution in [0.2, 0.25) is 0 Å². The molecule has 1 aromatic carbocycles. The van der Waals surface area contributed by atoms with Gasteiger partial charge in [0.25, 0.3) is 5.91 Å². The van der Waals surface area contributed by atoms with Gasteiger partial charge in [0.15, 0.2) is 0 Å². The Morgan fingerprint density at radius 1 is 1.29 bits per heavy atom. The molecule has 1 heterocycles. The Kier molecular flexibility index (Phi) is 4.58. The number of halogens is 3. The average molecular weight is 355 g/mol. The summed E-state index contributed by atoms with van der Waals surface area (Å²) in [4.78, 5) is 15.0. The molecule has 1 saturated carbocycles. The zero-order valence-electron chi connectivity index (χ0n) is 13.0. The lowest BCUT2D eigenvalue weighted by Gasteiger charge is -2.22. The first-order valence-electron chi connectivity index (χ1n) is 7.68. The van der Waals surface area contributed by atoms with Crippen LogP contribution in [0.4, 0.5) is 13.2 Å². The Balaban J connectivity index is 1.79. The third-order valence-corrected chi connectivity index (χ3v) is 4.72. The molecule has 1 aliphatic carbocycles. The van der Waals surface area contributed by atoms with E-state index in [9.17, 15) is 18.0 Å². The minimum Gasteiger partial charge on any atom is -0.331 e. The molecule has 0 spiro atoms. The van der Waals surface area contributed by atoms with Crippen LogP contribution in [0, 0.1) is 0 Å². The summed E-state index contributed by atoms with van der Waals surface area (Å²) in [7, 11) is 0. The summed E-state index contributed by atoms with van der Waals surface area (Å²) in [5, 5.41) is 3.96. The molecular formula is C16H16F3N3OS. The van der Waals surface area contributed by atoms with Gasteiger partial charge in [-0.2, -0.15) is 13.2 Å². The first-order valence-corrected chi connectivity index (χ1v) is 8.45. The van der Waals surface area contributed by atoms with E-state index in [1.54, 1.807) is 4.90 Å². The molecule has 4 nitrogen and oxygen atoms in total. The van der Waals surface area contributed by atoms with Crippen molar-refractivity contribution in [3.8, 4) is 0 Å². The van der Waals surface area contributed by atoms with Crippen molar-refractivity contribution < 1.29 is 18.0 Å². The van der Waals surface area contributed by atoms with E-state index in [-0.39, 0.29) is 11.9 Å². The lowest BCUT2D eigenvalue weighted by molar-refractivity contribution is -0.137. The molecule has 1 aliphatic rings. The van der Waals surface area contributed by atoms with Crippen LogP contribution in [0.25, 0.3) is 0 Å². The van der Waals surface area contributed by atoms with E-state index in [2.05, 4.69) is 9.59 Å². The Bertz CT molecular complexity index is 723. The molecule has 2 aromatic rings. The molecule has 1 aromatic heterocycles. The molecule has 0 unspecified atom stereocenters. The highest BCUT2D eigenvalue weighted by Gasteiger charge is 2.35. The fourth-order valence-corrected chi connectivity index (χ4v) is 3.19. The van der Waals surface area contributed by atoms with Gasteiger partial charge >= 0.3 is 6.18 Å². The van der Waals surface area contributed by atoms with E-state index >= 15 is 0 Å². The number of rotatable bonds is 5. The highest BCUT2D eigenvalue weighted by Crippen LogP contribution is 2.32. The minimum atomic E-state index is -4.35. The van der Waals surface area contributed by atoms with Crippen LogP contribution >= 0.6 is 11.5 Å². The van der Waals surface area contributed by atoms with Gasteiger partial charge in [-0.1, -0.05) is 23.5 Å². The predicted molar refractivity (Wildman–Crippen MR) is 83.6 cm³/mol. The van der Waals surface area contributed by atoms with Crippen molar-refractivity contribution in [3.05, 3.63) is 46.0 Å². The maximum absolute atomic E-state index is 12.8. The summed E-state index contributed by atoms with van der Waals surface area (Å²) >= 11 is 1.07. The molecule has 0 N–H and O–H groups in total. The highest BCUT2D eigenvalue weighted by atomic mass is 32.1. The second-order valence-electron chi connectivity index (χ2n) is 5.76. The number of aromatic nitrogens is 2. The van der Waals surface area contributed by atoms with Crippen molar-refractivity contribution in [1.29, 1.82) is 0 Å². The fraction of sp³-hybridized carbons (Fsp3) is 0.438. The number of nitrogens with zero attached hydrogens (tertiary/aromatic N) is 3. The van der Waals surface area contributed by atoms with Crippen molar-refractivity contribution in [2.24, 2.45) is 0 Å². The van der Waals surface area contributed by atoms with Gasteiger partial charge in [-0.05, 0) is 48.5 Å². The van der Waals surface area contributed by atoms with Gasteiger partial charge < -0.3 is 4.90 Å². The second kappa shape index (κ2) is 6.51. The van der Waals surface area contributed by atoms with Crippen molar-refractivity contribution in [3.63, 3.8) is 0 Å². The molecule has 128 valence electrons. The van der Waals surface area contributed by atoms with Gasteiger partial charge in [0.2, 0.25) is 0 Å². The van der Waals surface area contributed by atoms with Crippen LogP contribution < -0.4 is 0 Å². The first kappa shape index (κ1) is 16.9. The number of hydrogen-bond donors (Lipinski definition) is 0. The Labute approximate surface area is 141 Å². The summed E-state index contributed by atoms with van der Waals surface area (Å²) < 4.78 is 41.8. The summed E-state index contributed by atoms with van der Waals surface area (Å²) in [5.74, 6) is -0.135. The zero-order chi connectivity index (χ0) is 17.3. The molecule has 0 atom stereocenters. The van der Waals surface area contributed by atoms with Crippen molar-refractivity contribution >= 4 is 17.4 Å². The number of alkyl halides is 3. The fourth-order valence-electron chi connectivity index (χ4n) is 2.48. The number of amides is 1. The molecule has 1 fully saturated rings. The number of carbonyl (C=O) groups is 1. The largest absolute Gasteiger partial charge is 0.416 e. The van der Waals surface area contributed by atoms with E-state index in [4.69, 9.17) is 0 Å². The van der Waals surface area contributed by atoms with Crippen LogP contribution in [-0.4, -0.2) is 26.4 Å². The summed E-state index contributed by atoms with van der Waals surface area (Å²) in [6.45, 7) is 2.20. The van der Waals surface area contributed by atoms with Gasteiger partial charge in [0.1, 0.15) is 4.88 Å². The maximum atomic E-state index is 12.8. The third-order valence-electron chi connectivity index (χ3n) is 3.97. The highest BCUT2D eigenvalue weighted by molar-refractivity contribution is 7.08. The van der Waals surface area contributed by atoms with E-state index in [1.165, 1.54) is 12.1 Å². The van der Waals surface area contributed by atoms with Crippen LogP contribution in [0.1, 0.15) is 46.3 Å². The quantitative estimate of drug-likeness (QED) is 0.817. The molecule has 24 heavy (non-hydrogen) atoms. The molecule has 8 heteroatoms. The van der Waals surface area contributed by atoms with Crippen LogP contribution in [0.3, 0.4) is 0 Å². The monoisotopic (exact) mass is 355 g/mol.